The van der Waals surface area contributed by atoms with Gasteiger partial charge < -0.3 is 4.74 Å². The summed E-state index contributed by atoms with van der Waals surface area (Å²) in [5.41, 5.74) is 3.25. The summed E-state index contributed by atoms with van der Waals surface area (Å²) in [6.45, 7) is 6.66. The van der Waals surface area contributed by atoms with Crippen molar-refractivity contribution in [3.05, 3.63) is 82.8 Å². The van der Waals surface area contributed by atoms with Gasteiger partial charge in [0, 0.05) is 6.54 Å². The van der Waals surface area contributed by atoms with E-state index in [-0.39, 0.29) is 5.91 Å². The first-order valence-corrected chi connectivity index (χ1v) is 9.44. The summed E-state index contributed by atoms with van der Waals surface area (Å²) in [5, 5.41) is 0. The SMILES string of the molecule is C=CCN1C(=O)/C(=C\c2cccc(OCc3ccc(C)cc3)c2)SC1=S. The van der Waals surface area contributed by atoms with Gasteiger partial charge in [-0.2, -0.15) is 0 Å². The van der Waals surface area contributed by atoms with Crippen molar-refractivity contribution in [1.82, 2.24) is 4.90 Å². The van der Waals surface area contributed by atoms with E-state index in [2.05, 4.69) is 37.8 Å². The third-order valence-corrected chi connectivity index (χ3v) is 5.25. The van der Waals surface area contributed by atoms with Crippen molar-refractivity contribution in [2.24, 2.45) is 0 Å². The molecule has 132 valence electrons. The molecule has 0 bridgehead atoms. The van der Waals surface area contributed by atoms with Gasteiger partial charge in [-0.15, -0.1) is 6.58 Å². The minimum Gasteiger partial charge on any atom is -0.489 e. The van der Waals surface area contributed by atoms with E-state index >= 15 is 0 Å². The van der Waals surface area contributed by atoms with Crippen LogP contribution in [0, 0.1) is 6.92 Å². The molecule has 0 saturated carbocycles. The van der Waals surface area contributed by atoms with Crippen molar-refractivity contribution < 1.29 is 9.53 Å². The summed E-state index contributed by atoms with van der Waals surface area (Å²) in [4.78, 5) is 14.6. The normalized spacial score (nSPS) is 15.6. The number of rotatable bonds is 6. The predicted molar refractivity (Wildman–Crippen MR) is 112 cm³/mol. The minimum atomic E-state index is -0.0779. The highest BCUT2D eigenvalue weighted by Crippen LogP contribution is 2.32. The quantitative estimate of drug-likeness (QED) is 0.402. The molecule has 0 spiro atoms. The number of ether oxygens (including phenoxy) is 1. The molecule has 0 atom stereocenters. The maximum absolute atomic E-state index is 12.4. The fraction of sp³-hybridized carbons (Fsp3) is 0.143. The van der Waals surface area contributed by atoms with E-state index < -0.39 is 0 Å². The molecule has 0 aliphatic carbocycles. The van der Waals surface area contributed by atoms with E-state index in [1.165, 1.54) is 17.3 Å². The first-order valence-electron chi connectivity index (χ1n) is 8.21. The molecule has 3 rings (SSSR count). The molecule has 1 heterocycles. The molecule has 2 aromatic rings. The van der Waals surface area contributed by atoms with Gasteiger partial charge in [-0.25, -0.2) is 0 Å². The predicted octanol–water partition coefficient (Wildman–Crippen LogP) is 4.96. The summed E-state index contributed by atoms with van der Waals surface area (Å²) >= 11 is 6.58. The lowest BCUT2D eigenvalue weighted by atomic mass is 10.1. The maximum Gasteiger partial charge on any atom is 0.266 e. The van der Waals surface area contributed by atoms with Gasteiger partial charge in [0.05, 0.1) is 4.91 Å². The van der Waals surface area contributed by atoms with Crippen LogP contribution in [0.4, 0.5) is 0 Å². The van der Waals surface area contributed by atoms with Gasteiger partial charge in [0.25, 0.3) is 5.91 Å². The van der Waals surface area contributed by atoms with Crippen LogP contribution in [-0.4, -0.2) is 21.7 Å². The average molecular weight is 382 g/mol. The number of thiocarbonyl (C=S) groups is 1. The number of amides is 1. The Labute approximate surface area is 163 Å². The second kappa shape index (κ2) is 8.34. The van der Waals surface area contributed by atoms with Gasteiger partial charge in [-0.3, -0.25) is 9.69 Å². The third-order valence-electron chi connectivity index (χ3n) is 3.87. The summed E-state index contributed by atoms with van der Waals surface area (Å²) in [6, 6.07) is 16.0. The minimum absolute atomic E-state index is 0.0779. The van der Waals surface area contributed by atoms with Crippen LogP contribution in [-0.2, 0) is 11.4 Å². The Kier molecular flexibility index (Phi) is 5.91. The number of aryl methyl sites for hydroxylation is 1. The first kappa shape index (κ1) is 18.4. The van der Waals surface area contributed by atoms with E-state index in [0.717, 1.165) is 16.9 Å². The molecule has 1 saturated heterocycles. The monoisotopic (exact) mass is 381 g/mol. The molecule has 3 nitrogen and oxygen atoms in total. The standard InChI is InChI=1S/C21H19NO2S2/c1-3-11-22-20(23)19(26-21(22)25)13-17-5-4-6-18(12-17)24-14-16-9-7-15(2)8-10-16/h3-10,12-13H,1,11,14H2,2H3/b19-13+. The highest BCUT2D eigenvalue weighted by Gasteiger charge is 2.30. The van der Waals surface area contributed by atoms with Crippen molar-refractivity contribution in [3.63, 3.8) is 0 Å². The van der Waals surface area contributed by atoms with Crippen LogP contribution >= 0.6 is 24.0 Å². The lowest BCUT2D eigenvalue weighted by Gasteiger charge is -2.10. The molecule has 26 heavy (non-hydrogen) atoms. The highest BCUT2D eigenvalue weighted by atomic mass is 32.2. The summed E-state index contributed by atoms with van der Waals surface area (Å²) in [5.74, 6) is 0.687. The van der Waals surface area contributed by atoms with Gasteiger partial charge in [0.2, 0.25) is 0 Å². The Morgan fingerprint density at radius 3 is 2.73 bits per heavy atom. The number of thioether (sulfide) groups is 1. The van der Waals surface area contributed by atoms with E-state index in [4.69, 9.17) is 17.0 Å². The number of nitrogens with zero attached hydrogens (tertiary/aromatic N) is 1. The zero-order valence-corrected chi connectivity index (χ0v) is 16.1. The Hall–Kier alpha value is -2.37. The number of hydrogen-bond donors (Lipinski definition) is 0. The van der Waals surface area contributed by atoms with Crippen molar-refractivity contribution >= 4 is 40.3 Å². The molecular weight excluding hydrogens is 362 g/mol. The Morgan fingerprint density at radius 2 is 2.00 bits per heavy atom. The van der Waals surface area contributed by atoms with Gasteiger partial charge in [0.1, 0.15) is 16.7 Å². The van der Waals surface area contributed by atoms with Crippen molar-refractivity contribution in [2.45, 2.75) is 13.5 Å². The first-order chi connectivity index (χ1) is 12.6. The molecule has 1 aliphatic heterocycles. The zero-order chi connectivity index (χ0) is 18.5. The largest absolute Gasteiger partial charge is 0.489 e. The Bertz CT molecular complexity index is 872. The molecule has 0 N–H and O–H groups in total. The van der Waals surface area contributed by atoms with Crippen LogP contribution in [0.2, 0.25) is 0 Å². The van der Waals surface area contributed by atoms with Crippen molar-refractivity contribution in [2.75, 3.05) is 6.54 Å². The molecule has 1 aliphatic rings. The Balaban J connectivity index is 1.71. The van der Waals surface area contributed by atoms with Crippen LogP contribution in [0.15, 0.2) is 66.1 Å². The van der Waals surface area contributed by atoms with Gasteiger partial charge in [-0.1, -0.05) is 72.0 Å². The van der Waals surface area contributed by atoms with Crippen LogP contribution in [0.5, 0.6) is 5.75 Å². The van der Waals surface area contributed by atoms with Gasteiger partial charge in [0.15, 0.2) is 0 Å². The molecule has 0 aromatic heterocycles. The summed E-state index contributed by atoms with van der Waals surface area (Å²) in [6.07, 6.45) is 3.52. The van der Waals surface area contributed by atoms with Crippen molar-refractivity contribution in [1.29, 1.82) is 0 Å². The lowest BCUT2D eigenvalue weighted by molar-refractivity contribution is -0.121. The van der Waals surface area contributed by atoms with Gasteiger partial charge in [-0.05, 0) is 36.3 Å². The average Bonchev–Trinajstić information content (AvgIpc) is 2.89. The fourth-order valence-corrected chi connectivity index (χ4v) is 3.76. The zero-order valence-electron chi connectivity index (χ0n) is 14.5. The molecule has 0 unspecified atom stereocenters. The lowest BCUT2D eigenvalue weighted by Crippen LogP contribution is -2.27. The molecule has 5 heteroatoms. The topological polar surface area (TPSA) is 29.5 Å². The van der Waals surface area contributed by atoms with E-state index in [9.17, 15) is 4.79 Å². The number of benzene rings is 2. The molecular formula is C21H19NO2S2. The third kappa shape index (κ3) is 4.42. The van der Waals surface area contributed by atoms with Crippen LogP contribution in [0.25, 0.3) is 6.08 Å². The number of carbonyl (C=O) groups is 1. The van der Waals surface area contributed by atoms with Gasteiger partial charge >= 0.3 is 0 Å². The smallest absolute Gasteiger partial charge is 0.266 e. The maximum atomic E-state index is 12.4. The van der Waals surface area contributed by atoms with E-state index in [0.29, 0.717) is 22.4 Å². The van der Waals surface area contributed by atoms with E-state index in [1.807, 2.05) is 30.3 Å². The molecule has 1 amide bonds. The highest BCUT2D eigenvalue weighted by molar-refractivity contribution is 8.26. The summed E-state index contributed by atoms with van der Waals surface area (Å²) < 4.78 is 6.44. The fourth-order valence-electron chi connectivity index (χ4n) is 2.48. The molecule has 2 aromatic carbocycles. The second-order valence-corrected chi connectivity index (χ2v) is 7.60. The number of carbonyl (C=O) groups excluding carboxylic acids is 1. The van der Waals surface area contributed by atoms with Crippen LogP contribution < -0.4 is 4.74 Å². The summed E-state index contributed by atoms with van der Waals surface area (Å²) in [7, 11) is 0. The molecule has 0 radical (unpaired) electrons. The number of hydrogen-bond acceptors (Lipinski definition) is 4. The van der Waals surface area contributed by atoms with Crippen LogP contribution in [0.3, 0.4) is 0 Å². The van der Waals surface area contributed by atoms with E-state index in [1.54, 1.807) is 11.0 Å². The van der Waals surface area contributed by atoms with Crippen molar-refractivity contribution in [3.8, 4) is 5.75 Å². The second-order valence-electron chi connectivity index (χ2n) is 5.93. The van der Waals surface area contributed by atoms with Crippen LogP contribution in [0.1, 0.15) is 16.7 Å². The molecule has 1 fully saturated rings. The Morgan fingerprint density at radius 1 is 1.23 bits per heavy atom.